The van der Waals surface area contributed by atoms with Crippen LogP contribution in [0.1, 0.15) is 5.56 Å². The van der Waals surface area contributed by atoms with Gasteiger partial charge in [0, 0.05) is 61.6 Å². The minimum absolute atomic E-state index is 0.0580. The Morgan fingerprint density at radius 2 is 1.71 bits per heavy atom. The summed E-state index contributed by atoms with van der Waals surface area (Å²) in [6.07, 6.45) is 1.69. The van der Waals surface area contributed by atoms with Crippen molar-refractivity contribution >= 4 is 16.6 Å². The SMILES string of the molecule is COc1ccc(CN2CCN(c3ccc4[nH]ccc(=O)c4c3)CC2)cc1OC. The normalized spacial score (nSPS) is 15.0. The number of hydrogen-bond acceptors (Lipinski definition) is 5. The summed E-state index contributed by atoms with van der Waals surface area (Å²) in [5, 5.41) is 0.743. The molecule has 0 bridgehead atoms. The van der Waals surface area contributed by atoms with Crippen molar-refractivity contribution in [3.63, 3.8) is 0 Å². The molecule has 1 fully saturated rings. The van der Waals surface area contributed by atoms with Gasteiger partial charge < -0.3 is 19.4 Å². The van der Waals surface area contributed by atoms with E-state index >= 15 is 0 Å². The molecule has 0 spiro atoms. The smallest absolute Gasteiger partial charge is 0.189 e. The first-order chi connectivity index (χ1) is 13.7. The van der Waals surface area contributed by atoms with Gasteiger partial charge in [-0.1, -0.05) is 6.07 Å². The summed E-state index contributed by atoms with van der Waals surface area (Å²) in [6.45, 7) is 4.69. The van der Waals surface area contributed by atoms with Gasteiger partial charge >= 0.3 is 0 Å². The first kappa shape index (κ1) is 18.4. The lowest BCUT2D eigenvalue weighted by Crippen LogP contribution is -2.46. The van der Waals surface area contributed by atoms with E-state index in [0.717, 1.165) is 60.8 Å². The summed E-state index contributed by atoms with van der Waals surface area (Å²) >= 11 is 0. The largest absolute Gasteiger partial charge is 0.493 e. The minimum atomic E-state index is 0.0580. The van der Waals surface area contributed by atoms with Gasteiger partial charge in [0.15, 0.2) is 16.9 Å². The van der Waals surface area contributed by atoms with Crippen molar-refractivity contribution in [1.29, 1.82) is 0 Å². The zero-order valence-electron chi connectivity index (χ0n) is 16.3. The quantitative estimate of drug-likeness (QED) is 0.739. The van der Waals surface area contributed by atoms with Crippen LogP contribution in [0.15, 0.2) is 53.5 Å². The Morgan fingerprint density at radius 3 is 2.46 bits per heavy atom. The molecule has 0 radical (unpaired) electrons. The van der Waals surface area contributed by atoms with Gasteiger partial charge in [0.1, 0.15) is 0 Å². The molecule has 6 heteroatoms. The van der Waals surface area contributed by atoms with Gasteiger partial charge in [0.25, 0.3) is 0 Å². The Morgan fingerprint density at radius 1 is 0.929 bits per heavy atom. The summed E-state index contributed by atoms with van der Waals surface area (Å²) in [7, 11) is 3.31. The molecule has 146 valence electrons. The fourth-order valence-electron chi connectivity index (χ4n) is 3.76. The van der Waals surface area contributed by atoms with E-state index in [9.17, 15) is 4.79 Å². The molecular weight excluding hydrogens is 354 g/mol. The van der Waals surface area contributed by atoms with Crippen molar-refractivity contribution in [2.45, 2.75) is 6.54 Å². The number of anilines is 1. The number of hydrogen-bond donors (Lipinski definition) is 1. The lowest BCUT2D eigenvalue weighted by Gasteiger charge is -2.36. The molecule has 4 rings (SSSR count). The van der Waals surface area contributed by atoms with Crippen LogP contribution in [0, 0.1) is 0 Å². The summed E-state index contributed by atoms with van der Waals surface area (Å²) in [4.78, 5) is 20.0. The number of methoxy groups -OCH3 is 2. The molecular formula is C22H25N3O3. The van der Waals surface area contributed by atoms with Crippen molar-refractivity contribution in [3.05, 3.63) is 64.4 Å². The third kappa shape index (κ3) is 3.68. The van der Waals surface area contributed by atoms with Crippen molar-refractivity contribution in [2.24, 2.45) is 0 Å². The molecule has 0 saturated carbocycles. The number of nitrogens with zero attached hydrogens (tertiary/aromatic N) is 2. The molecule has 1 aromatic heterocycles. The Labute approximate surface area is 164 Å². The van der Waals surface area contributed by atoms with Crippen LogP contribution in [0.2, 0.25) is 0 Å². The molecule has 0 aliphatic carbocycles. The Kier molecular flexibility index (Phi) is 5.21. The summed E-state index contributed by atoms with van der Waals surface area (Å²) in [5.74, 6) is 1.52. The maximum absolute atomic E-state index is 12.1. The second-order valence-electron chi connectivity index (χ2n) is 7.02. The van der Waals surface area contributed by atoms with E-state index in [2.05, 4.69) is 26.9 Å². The highest BCUT2D eigenvalue weighted by Gasteiger charge is 2.18. The highest BCUT2D eigenvalue weighted by molar-refractivity contribution is 5.82. The van der Waals surface area contributed by atoms with Gasteiger partial charge in [-0.05, 0) is 35.9 Å². The topological polar surface area (TPSA) is 57.8 Å². The first-order valence-corrected chi connectivity index (χ1v) is 9.47. The summed E-state index contributed by atoms with van der Waals surface area (Å²) in [6, 6.07) is 13.7. The zero-order valence-corrected chi connectivity index (χ0v) is 16.3. The van der Waals surface area contributed by atoms with Crippen LogP contribution in [0.4, 0.5) is 5.69 Å². The molecule has 28 heavy (non-hydrogen) atoms. The standard InChI is InChI=1S/C22H25N3O3/c1-27-21-6-3-16(13-22(21)28-2)15-24-9-11-25(12-10-24)17-4-5-19-18(14-17)20(26)7-8-23-19/h3-8,13-14H,9-12,15H2,1-2H3,(H,23,26). The molecule has 0 unspecified atom stereocenters. The molecule has 0 atom stereocenters. The van der Waals surface area contributed by atoms with Crippen LogP contribution in [0.3, 0.4) is 0 Å². The number of pyridine rings is 1. The van der Waals surface area contributed by atoms with Crippen molar-refractivity contribution < 1.29 is 9.47 Å². The van der Waals surface area contributed by atoms with Crippen LogP contribution in [-0.2, 0) is 6.54 Å². The lowest BCUT2D eigenvalue weighted by atomic mass is 10.1. The van der Waals surface area contributed by atoms with Crippen LogP contribution in [-0.4, -0.2) is 50.3 Å². The van der Waals surface area contributed by atoms with Crippen LogP contribution >= 0.6 is 0 Å². The molecule has 1 saturated heterocycles. The maximum atomic E-state index is 12.1. The predicted molar refractivity (Wildman–Crippen MR) is 112 cm³/mol. The third-order valence-electron chi connectivity index (χ3n) is 5.33. The number of fused-ring (bicyclic) bond motifs is 1. The van der Waals surface area contributed by atoms with Crippen LogP contribution in [0.5, 0.6) is 11.5 Å². The number of ether oxygens (including phenoxy) is 2. The van der Waals surface area contributed by atoms with Crippen molar-refractivity contribution in [1.82, 2.24) is 9.88 Å². The third-order valence-corrected chi connectivity index (χ3v) is 5.33. The second-order valence-corrected chi connectivity index (χ2v) is 7.02. The number of piperazine rings is 1. The van der Waals surface area contributed by atoms with Gasteiger partial charge in [0.05, 0.1) is 14.2 Å². The molecule has 6 nitrogen and oxygen atoms in total. The van der Waals surface area contributed by atoms with E-state index in [1.807, 2.05) is 24.3 Å². The van der Waals surface area contributed by atoms with E-state index in [-0.39, 0.29) is 5.43 Å². The monoisotopic (exact) mass is 379 g/mol. The first-order valence-electron chi connectivity index (χ1n) is 9.47. The average molecular weight is 379 g/mol. The Hall–Kier alpha value is -2.99. The fourth-order valence-corrected chi connectivity index (χ4v) is 3.76. The van der Waals surface area contributed by atoms with Crippen molar-refractivity contribution in [3.8, 4) is 11.5 Å². The number of benzene rings is 2. The van der Waals surface area contributed by atoms with Gasteiger partial charge in [0.2, 0.25) is 0 Å². The second kappa shape index (κ2) is 7.94. The highest BCUT2D eigenvalue weighted by atomic mass is 16.5. The van der Waals surface area contributed by atoms with E-state index in [1.54, 1.807) is 26.5 Å². The summed E-state index contributed by atoms with van der Waals surface area (Å²) in [5.41, 5.74) is 3.25. The molecule has 3 aromatic rings. The van der Waals surface area contributed by atoms with E-state index in [1.165, 1.54) is 5.56 Å². The molecule has 1 aliphatic heterocycles. The van der Waals surface area contributed by atoms with Crippen molar-refractivity contribution in [2.75, 3.05) is 45.3 Å². The van der Waals surface area contributed by atoms with Gasteiger partial charge in [-0.25, -0.2) is 0 Å². The maximum Gasteiger partial charge on any atom is 0.189 e. The van der Waals surface area contributed by atoms with E-state index in [0.29, 0.717) is 0 Å². The number of H-pyrrole nitrogens is 1. The number of aromatic nitrogens is 1. The van der Waals surface area contributed by atoms with Gasteiger partial charge in [-0.3, -0.25) is 9.69 Å². The van der Waals surface area contributed by atoms with E-state index in [4.69, 9.17) is 9.47 Å². The van der Waals surface area contributed by atoms with Crippen LogP contribution < -0.4 is 19.8 Å². The van der Waals surface area contributed by atoms with Gasteiger partial charge in [-0.2, -0.15) is 0 Å². The zero-order chi connectivity index (χ0) is 19.5. The highest BCUT2D eigenvalue weighted by Crippen LogP contribution is 2.28. The van der Waals surface area contributed by atoms with E-state index < -0.39 is 0 Å². The minimum Gasteiger partial charge on any atom is -0.493 e. The number of nitrogens with one attached hydrogen (secondary N) is 1. The van der Waals surface area contributed by atoms with Crippen LogP contribution in [0.25, 0.3) is 10.9 Å². The molecule has 2 aromatic carbocycles. The number of aromatic amines is 1. The molecule has 1 aliphatic rings. The Balaban J connectivity index is 1.42. The number of rotatable bonds is 5. The fraction of sp³-hybridized carbons (Fsp3) is 0.318. The molecule has 2 heterocycles. The predicted octanol–water partition coefficient (Wildman–Crippen LogP) is 2.87. The van der Waals surface area contributed by atoms with Gasteiger partial charge in [-0.15, -0.1) is 0 Å². The summed E-state index contributed by atoms with van der Waals surface area (Å²) < 4.78 is 10.7. The molecule has 0 amide bonds. The Bertz CT molecular complexity index is 1020. The average Bonchev–Trinajstić information content (AvgIpc) is 2.74. The lowest BCUT2D eigenvalue weighted by molar-refractivity contribution is 0.249. The molecule has 1 N–H and O–H groups in total.